The van der Waals surface area contributed by atoms with Crippen LogP contribution in [-0.2, 0) is 16.6 Å². The number of carbonyl (C=O) groups is 1. The number of hydrogen-bond acceptors (Lipinski definition) is 3. The molecule has 0 unspecified atom stereocenters. The summed E-state index contributed by atoms with van der Waals surface area (Å²) < 4.78 is 14.5. The lowest BCUT2D eigenvalue weighted by Crippen LogP contribution is -2.51. The van der Waals surface area contributed by atoms with Crippen LogP contribution < -0.4 is 0 Å². The number of hydrogen-bond donors (Lipinski definition) is 0. The van der Waals surface area contributed by atoms with Gasteiger partial charge in [0, 0.05) is 35.1 Å². The zero-order chi connectivity index (χ0) is 27.4. The third-order valence-electron chi connectivity index (χ3n) is 9.65. The normalized spacial score (nSPS) is 23.7. The minimum Gasteiger partial charge on any atom is -0.342 e. The van der Waals surface area contributed by atoms with E-state index in [-0.39, 0.29) is 17.7 Å². The third-order valence-corrected chi connectivity index (χ3v) is 10.0. The summed E-state index contributed by atoms with van der Waals surface area (Å²) in [6.45, 7) is 11.7. The van der Waals surface area contributed by atoms with E-state index < -0.39 is 5.82 Å². The number of amides is 1. The van der Waals surface area contributed by atoms with Crippen molar-refractivity contribution in [3.8, 4) is 0 Å². The van der Waals surface area contributed by atoms with Gasteiger partial charge in [0.25, 0.3) is 0 Å². The second-order valence-corrected chi connectivity index (χ2v) is 12.7. The second kappa shape index (κ2) is 12.7. The molecule has 0 saturated carbocycles. The highest BCUT2D eigenvalue weighted by atomic mass is 35.5. The molecule has 0 radical (unpaired) electrons. The van der Waals surface area contributed by atoms with E-state index >= 15 is 0 Å². The fraction of sp³-hybridized carbons (Fsp3) is 0.606. The molecule has 3 heterocycles. The number of halogens is 2. The van der Waals surface area contributed by atoms with E-state index in [1.165, 1.54) is 81.0 Å². The van der Waals surface area contributed by atoms with Gasteiger partial charge in [0.1, 0.15) is 5.82 Å². The van der Waals surface area contributed by atoms with E-state index in [1.807, 2.05) is 4.90 Å². The van der Waals surface area contributed by atoms with Crippen molar-refractivity contribution in [3.63, 3.8) is 0 Å². The highest BCUT2D eigenvalue weighted by Crippen LogP contribution is 2.40. The largest absolute Gasteiger partial charge is 0.342 e. The van der Waals surface area contributed by atoms with Gasteiger partial charge in [0.15, 0.2) is 0 Å². The molecular formula is C33H45ClFN3O. The summed E-state index contributed by atoms with van der Waals surface area (Å²) >= 11 is 6.28. The van der Waals surface area contributed by atoms with Crippen molar-refractivity contribution in [2.75, 3.05) is 45.8 Å². The highest BCUT2D eigenvalue weighted by Gasteiger charge is 2.40. The lowest BCUT2D eigenvalue weighted by Gasteiger charge is -2.46. The first-order valence-electron chi connectivity index (χ1n) is 15.1. The Morgan fingerprint density at radius 3 is 2.51 bits per heavy atom. The predicted molar refractivity (Wildman–Crippen MR) is 158 cm³/mol. The maximum Gasteiger partial charge on any atom is 0.227 e. The molecule has 0 bridgehead atoms. The molecular weight excluding hydrogens is 509 g/mol. The molecule has 0 N–H and O–H groups in total. The molecule has 2 aromatic carbocycles. The number of aryl methyl sites for hydroxylation is 2. The molecule has 2 aromatic rings. The highest BCUT2D eigenvalue weighted by molar-refractivity contribution is 6.31. The molecule has 3 aliphatic heterocycles. The Hall–Kier alpha value is -1.95. The molecule has 39 heavy (non-hydrogen) atoms. The van der Waals surface area contributed by atoms with Crippen LogP contribution in [0, 0.1) is 19.7 Å². The molecule has 0 spiro atoms. The van der Waals surface area contributed by atoms with Gasteiger partial charge >= 0.3 is 0 Å². The van der Waals surface area contributed by atoms with Gasteiger partial charge in [-0.1, -0.05) is 47.9 Å². The van der Waals surface area contributed by atoms with Crippen molar-refractivity contribution in [1.82, 2.24) is 14.7 Å². The average molecular weight is 554 g/mol. The molecule has 0 aromatic heterocycles. The minimum atomic E-state index is -0.401. The number of nitrogens with zero attached hydrogens (tertiary/aromatic N) is 3. The van der Waals surface area contributed by atoms with Crippen molar-refractivity contribution in [2.45, 2.75) is 83.1 Å². The molecule has 1 atom stereocenters. The first kappa shape index (κ1) is 28.6. The van der Waals surface area contributed by atoms with E-state index in [1.54, 1.807) is 12.1 Å². The van der Waals surface area contributed by atoms with Gasteiger partial charge < -0.3 is 14.7 Å². The summed E-state index contributed by atoms with van der Waals surface area (Å²) in [5.74, 6) is -0.430. The summed E-state index contributed by atoms with van der Waals surface area (Å²) in [7, 11) is 0. The molecule has 3 aliphatic rings. The minimum absolute atomic E-state index is 0.0123. The lowest BCUT2D eigenvalue weighted by molar-refractivity contribution is -0.133. The number of carbonyl (C=O) groups excluding carboxylic acids is 1. The van der Waals surface area contributed by atoms with Crippen LogP contribution >= 0.6 is 11.6 Å². The zero-order valence-electron chi connectivity index (χ0n) is 23.9. The van der Waals surface area contributed by atoms with E-state index in [9.17, 15) is 9.18 Å². The third kappa shape index (κ3) is 6.69. The Balaban J connectivity index is 1.30. The van der Waals surface area contributed by atoms with Crippen LogP contribution in [-0.4, -0.2) is 72.5 Å². The van der Waals surface area contributed by atoms with Crippen LogP contribution in [0.5, 0.6) is 0 Å². The maximum atomic E-state index is 14.5. The maximum absolute atomic E-state index is 14.5. The van der Waals surface area contributed by atoms with Crippen LogP contribution in [0.25, 0.3) is 0 Å². The number of piperidine rings is 3. The molecule has 0 aliphatic carbocycles. The topological polar surface area (TPSA) is 26.8 Å². The first-order chi connectivity index (χ1) is 18.8. The van der Waals surface area contributed by atoms with Gasteiger partial charge in [-0.05, 0) is 115 Å². The molecule has 3 fully saturated rings. The van der Waals surface area contributed by atoms with Crippen LogP contribution in [0.2, 0.25) is 5.02 Å². The number of benzene rings is 2. The van der Waals surface area contributed by atoms with E-state index in [2.05, 4.69) is 41.8 Å². The van der Waals surface area contributed by atoms with E-state index in [4.69, 9.17) is 11.6 Å². The van der Waals surface area contributed by atoms with Crippen LogP contribution in [0.15, 0.2) is 36.4 Å². The fourth-order valence-corrected chi connectivity index (χ4v) is 7.57. The zero-order valence-corrected chi connectivity index (χ0v) is 24.6. The van der Waals surface area contributed by atoms with Gasteiger partial charge in [0.05, 0.1) is 6.42 Å². The standard InChI is InChI=1S/C33H45ClFN3O/c1-25-10-11-26(2)29(22-25)33(15-21-36-19-12-27(13-20-36)37-16-4-3-5-17-37)14-7-18-38(24-33)32(39)23-28-30(34)8-6-9-31(28)35/h6,8-11,22,27H,3-5,7,12-21,23-24H2,1-2H3/t33-/m1/s1. The summed E-state index contributed by atoms with van der Waals surface area (Å²) in [5, 5.41) is 0.328. The molecule has 6 heteroatoms. The Bertz CT molecular complexity index is 1120. The molecule has 3 saturated heterocycles. The number of likely N-dealkylation sites (tertiary alicyclic amines) is 3. The van der Waals surface area contributed by atoms with Gasteiger partial charge in [-0.25, -0.2) is 4.39 Å². The average Bonchev–Trinajstić information content (AvgIpc) is 2.96. The van der Waals surface area contributed by atoms with Crippen molar-refractivity contribution in [1.29, 1.82) is 0 Å². The summed E-state index contributed by atoms with van der Waals surface area (Å²) in [5.41, 5.74) is 4.16. The van der Waals surface area contributed by atoms with E-state index in [0.717, 1.165) is 38.4 Å². The van der Waals surface area contributed by atoms with Gasteiger partial charge in [0.2, 0.25) is 5.91 Å². The number of rotatable bonds is 7. The second-order valence-electron chi connectivity index (χ2n) is 12.3. The molecule has 1 amide bonds. The monoisotopic (exact) mass is 553 g/mol. The molecule has 4 nitrogen and oxygen atoms in total. The summed E-state index contributed by atoms with van der Waals surface area (Å²) in [4.78, 5) is 20.9. The van der Waals surface area contributed by atoms with Gasteiger partial charge in [-0.2, -0.15) is 0 Å². The fourth-order valence-electron chi connectivity index (χ4n) is 7.34. The van der Waals surface area contributed by atoms with Crippen LogP contribution in [0.1, 0.15) is 73.6 Å². The van der Waals surface area contributed by atoms with Gasteiger partial charge in [-0.3, -0.25) is 4.79 Å². The Kier molecular flexibility index (Phi) is 9.31. The van der Waals surface area contributed by atoms with Crippen LogP contribution in [0.4, 0.5) is 4.39 Å². The predicted octanol–water partition coefficient (Wildman–Crippen LogP) is 6.54. The van der Waals surface area contributed by atoms with Crippen molar-refractivity contribution in [3.05, 3.63) is 69.5 Å². The SMILES string of the molecule is Cc1ccc(C)c([C@@]2(CCN3CCC(N4CCCCC4)CC3)CCCN(C(=O)Cc3c(F)cccc3Cl)C2)c1. The Labute approximate surface area is 239 Å². The first-order valence-corrected chi connectivity index (χ1v) is 15.5. The quantitative estimate of drug-likeness (QED) is 0.389. The molecule has 5 rings (SSSR count). The summed E-state index contributed by atoms with van der Waals surface area (Å²) in [6.07, 6.45) is 9.73. The van der Waals surface area contributed by atoms with Crippen molar-refractivity contribution < 1.29 is 9.18 Å². The van der Waals surface area contributed by atoms with Crippen LogP contribution in [0.3, 0.4) is 0 Å². The van der Waals surface area contributed by atoms with Crippen molar-refractivity contribution >= 4 is 17.5 Å². The summed E-state index contributed by atoms with van der Waals surface area (Å²) in [6, 6.07) is 12.2. The Morgan fingerprint density at radius 2 is 1.77 bits per heavy atom. The van der Waals surface area contributed by atoms with Crippen molar-refractivity contribution in [2.24, 2.45) is 0 Å². The lowest BCUT2D eigenvalue weighted by atomic mass is 9.69. The smallest absolute Gasteiger partial charge is 0.227 e. The Morgan fingerprint density at radius 1 is 1.00 bits per heavy atom. The van der Waals surface area contributed by atoms with E-state index in [0.29, 0.717) is 17.1 Å². The molecule has 212 valence electrons. The van der Waals surface area contributed by atoms with Gasteiger partial charge in [-0.15, -0.1) is 0 Å².